The van der Waals surface area contributed by atoms with Crippen LogP contribution < -0.4 is 16.0 Å². The molecule has 1 amide bonds. The fourth-order valence-electron chi connectivity index (χ4n) is 4.16. The maximum atomic E-state index is 12.2. The van der Waals surface area contributed by atoms with Gasteiger partial charge in [-0.15, -0.1) is 0 Å². The third-order valence-corrected chi connectivity index (χ3v) is 5.98. The van der Waals surface area contributed by atoms with Crippen LogP contribution in [0.4, 0.5) is 0 Å². The summed E-state index contributed by atoms with van der Waals surface area (Å²) in [7, 11) is 1.77. The lowest BCUT2D eigenvalue weighted by Crippen LogP contribution is -2.42. The van der Waals surface area contributed by atoms with Gasteiger partial charge in [-0.05, 0) is 24.0 Å². The van der Waals surface area contributed by atoms with Gasteiger partial charge >= 0.3 is 0 Å². The second-order valence-corrected chi connectivity index (χ2v) is 8.14. The number of hydrogen-bond acceptors (Lipinski definition) is 4. The highest BCUT2D eigenvalue weighted by Gasteiger charge is 2.20. The number of ether oxygens (including phenoxy) is 1. The molecule has 30 heavy (non-hydrogen) atoms. The van der Waals surface area contributed by atoms with Crippen LogP contribution in [0.25, 0.3) is 0 Å². The van der Waals surface area contributed by atoms with Crippen LogP contribution in [0.5, 0.6) is 0 Å². The van der Waals surface area contributed by atoms with Crippen LogP contribution in [0.3, 0.4) is 0 Å². The summed E-state index contributed by atoms with van der Waals surface area (Å²) in [6.45, 7) is 6.53. The molecule has 3 rings (SSSR count). The van der Waals surface area contributed by atoms with Gasteiger partial charge in [0, 0.05) is 52.2 Å². The van der Waals surface area contributed by atoms with Gasteiger partial charge in [0.05, 0.1) is 13.2 Å². The first kappa shape index (κ1) is 22.6. The molecule has 1 aliphatic carbocycles. The molecule has 1 saturated carbocycles. The molecule has 1 aromatic rings. The average Bonchev–Trinajstić information content (AvgIpc) is 2.80. The Labute approximate surface area is 180 Å². The average molecular weight is 416 g/mol. The van der Waals surface area contributed by atoms with E-state index in [2.05, 4.69) is 50.1 Å². The van der Waals surface area contributed by atoms with Crippen LogP contribution in [0.1, 0.15) is 43.2 Å². The summed E-state index contributed by atoms with van der Waals surface area (Å²) in [6, 6.07) is 8.54. The molecule has 0 unspecified atom stereocenters. The van der Waals surface area contributed by atoms with Gasteiger partial charge < -0.3 is 20.7 Å². The van der Waals surface area contributed by atoms with E-state index in [0.29, 0.717) is 19.6 Å². The van der Waals surface area contributed by atoms with E-state index in [4.69, 9.17) is 4.74 Å². The third kappa shape index (κ3) is 7.29. The lowest BCUT2D eigenvalue weighted by molar-refractivity contribution is -0.125. The standard InChI is InChI=1S/C23H37N5O2/c1-24-23(26-12-11-25-22(29)19-7-3-2-4-8-19)27-17-20-9-5-6-10-21(20)18-28-13-15-30-16-14-28/h5-6,9-10,19H,2-4,7-8,11-18H2,1H3,(H,25,29)(H2,24,26,27). The molecular weight excluding hydrogens is 378 g/mol. The quantitative estimate of drug-likeness (QED) is 0.343. The Morgan fingerprint density at radius 2 is 1.73 bits per heavy atom. The number of amides is 1. The SMILES string of the molecule is CN=C(NCCNC(=O)C1CCCCC1)NCc1ccccc1CN1CCOCC1. The maximum Gasteiger partial charge on any atom is 0.223 e. The third-order valence-electron chi connectivity index (χ3n) is 5.98. The molecule has 166 valence electrons. The van der Waals surface area contributed by atoms with Gasteiger partial charge in [0.2, 0.25) is 5.91 Å². The normalized spacial score (nSPS) is 18.8. The zero-order chi connectivity index (χ0) is 21.0. The lowest BCUT2D eigenvalue weighted by atomic mass is 9.89. The smallest absolute Gasteiger partial charge is 0.223 e. The van der Waals surface area contributed by atoms with Crippen LogP contribution in [0.2, 0.25) is 0 Å². The predicted octanol–water partition coefficient (Wildman–Crippen LogP) is 1.88. The van der Waals surface area contributed by atoms with Crippen molar-refractivity contribution in [2.75, 3.05) is 46.4 Å². The summed E-state index contributed by atoms with van der Waals surface area (Å²) in [6.07, 6.45) is 5.70. The van der Waals surface area contributed by atoms with Crippen molar-refractivity contribution in [1.82, 2.24) is 20.9 Å². The first-order valence-corrected chi connectivity index (χ1v) is 11.4. The highest BCUT2D eigenvalue weighted by molar-refractivity contribution is 5.80. The van der Waals surface area contributed by atoms with Crippen molar-refractivity contribution in [3.63, 3.8) is 0 Å². The predicted molar refractivity (Wildman–Crippen MR) is 120 cm³/mol. The number of morpholine rings is 1. The van der Waals surface area contributed by atoms with E-state index >= 15 is 0 Å². The minimum Gasteiger partial charge on any atom is -0.379 e. The van der Waals surface area contributed by atoms with E-state index in [1.54, 1.807) is 7.05 Å². The van der Waals surface area contributed by atoms with E-state index in [1.807, 2.05) is 0 Å². The van der Waals surface area contributed by atoms with Gasteiger partial charge in [0.15, 0.2) is 5.96 Å². The lowest BCUT2D eigenvalue weighted by Gasteiger charge is -2.27. The van der Waals surface area contributed by atoms with Crippen molar-refractivity contribution < 1.29 is 9.53 Å². The van der Waals surface area contributed by atoms with E-state index in [0.717, 1.165) is 51.6 Å². The maximum absolute atomic E-state index is 12.2. The molecule has 2 fully saturated rings. The molecule has 0 atom stereocenters. The number of benzene rings is 1. The molecule has 1 heterocycles. The Hall–Kier alpha value is -2.12. The van der Waals surface area contributed by atoms with Crippen molar-refractivity contribution >= 4 is 11.9 Å². The summed E-state index contributed by atoms with van der Waals surface area (Å²) in [5.41, 5.74) is 2.61. The molecular formula is C23H37N5O2. The van der Waals surface area contributed by atoms with Crippen molar-refractivity contribution in [3.05, 3.63) is 35.4 Å². The van der Waals surface area contributed by atoms with E-state index in [9.17, 15) is 4.79 Å². The summed E-state index contributed by atoms with van der Waals surface area (Å²) < 4.78 is 5.45. The molecule has 2 aliphatic rings. The number of carbonyl (C=O) groups is 1. The Morgan fingerprint density at radius 3 is 2.47 bits per heavy atom. The van der Waals surface area contributed by atoms with Gasteiger partial charge in [0.25, 0.3) is 0 Å². The molecule has 0 spiro atoms. The number of nitrogens with zero attached hydrogens (tertiary/aromatic N) is 2. The highest BCUT2D eigenvalue weighted by Crippen LogP contribution is 2.23. The number of hydrogen-bond donors (Lipinski definition) is 3. The van der Waals surface area contributed by atoms with Crippen LogP contribution in [0, 0.1) is 5.92 Å². The highest BCUT2D eigenvalue weighted by atomic mass is 16.5. The monoisotopic (exact) mass is 415 g/mol. The topological polar surface area (TPSA) is 78.0 Å². The molecule has 7 heteroatoms. The summed E-state index contributed by atoms with van der Waals surface area (Å²) in [4.78, 5) is 19.0. The first-order chi connectivity index (χ1) is 14.8. The molecule has 1 aromatic carbocycles. The number of guanidine groups is 1. The van der Waals surface area contributed by atoms with Gasteiger partial charge in [-0.3, -0.25) is 14.7 Å². The van der Waals surface area contributed by atoms with Crippen LogP contribution in [-0.4, -0.2) is 63.2 Å². The Balaban J connectivity index is 1.39. The molecule has 0 aromatic heterocycles. The number of aliphatic imine (C=N–C) groups is 1. The van der Waals surface area contributed by atoms with Gasteiger partial charge in [-0.2, -0.15) is 0 Å². The van der Waals surface area contributed by atoms with Gasteiger partial charge in [-0.1, -0.05) is 43.5 Å². The van der Waals surface area contributed by atoms with Crippen LogP contribution in [0.15, 0.2) is 29.3 Å². The fourth-order valence-corrected chi connectivity index (χ4v) is 4.16. The minimum absolute atomic E-state index is 0.205. The summed E-state index contributed by atoms with van der Waals surface area (Å²) in [5, 5.41) is 9.75. The molecule has 1 aliphatic heterocycles. The zero-order valence-corrected chi connectivity index (χ0v) is 18.3. The van der Waals surface area contributed by atoms with Gasteiger partial charge in [0.1, 0.15) is 0 Å². The van der Waals surface area contributed by atoms with Crippen LogP contribution >= 0.6 is 0 Å². The molecule has 0 bridgehead atoms. The first-order valence-electron chi connectivity index (χ1n) is 11.4. The van der Waals surface area contributed by atoms with E-state index < -0.39 is 0 Å². The van der Waals surface area contributed by atoms with Crippen LogP contribution in [-0.2, 0) is 22.6 Å². The Kier molecular flexibility index (Phi) is 9.44. The largest absolute Gasteiger partial charge is 0.379 e. The second kappa shape index (κ2) is 12.5. The fraction of sp³-hybridized carbons (Fsp3) is 0.652. The summed E-state index contributed by atoms with van der Waals surface area (Å²) in [5.74, 6) is 1.17. The van der Waals surface area contributed by atoms with Crippen molar-refractivity contribution in [2.24, 2.45) is 10.9 Å². The summed E-state index contributed by atoms with van der Waals surface area (Å²) >= 11 is 0. The molecule has 7 nitrogen and oxygen atoms in total. The number of carbonyl (C=O) groups excluding carboxylic acids is 1. The zero-order valence-electron chi connectivity index (χ0n) is 18.3. The number of rotatable bonds is 8. The van der Waals surface area contributed by atoms with Crippen molar-refractivity contribution in [1.29, 1.82) is 0 Å². The minimum atomic E-state index is 0.205. The second-order valence-electron chi connectivity index (χ2n) is 8.14. The van der Waals surface area contributed by atoms with Crippen molar-refractivity contribution in [2.45, 2.75) is 45.2 Å². The van der Waals surface area contributed by atoms with E-state index in [-0.39, 0.29) is 11.8 Å². The van der Waals surface area contributed by atoms with E-state index in [1.165, 1.54) is 30.4 Å². The Morgan fingerprint density at radius 1 is 1.03 bits per heavy atom. The van der Waals surface area contributed by atoms with Crippen molar-refractivity contribution in [3.8, 4) is 0 Å². The van der Waals surface area contributed by atoms with Gasteiger partial charge in [-0.25, -0.2) is 0 Å². The number of nitrogens with one attached hydrogen (secondary N) is 3. The molecule has 3 N–H and O–H groups in total. The molecule has 0 radical (unpaired) electrons. The Bertz CT molecular complexity index is 682. The molecule has 1 saturated heterocycles.